The standard InChI is InChI=1S/C16H19F2N3O3S/c1-2-20(14(23)6-7-21-8-9-25-16(21)24)10-13(22)19-15-11(17)4-3-5-12(15)18/h3-5H,2,6-10H2,1H3,(H,19,22). The number of carbonyl (C=O) groups is 3. The van der Waals surface area contributed by atoms with Crippen molar-refractivity contribution in [3.8, 4) is 0 Å². The maximum Gasteiger partial charge on any atom is 0.281 e. The molecule has 1 aliphatic rings. The molecule has 0 radical (unpaired) electrons. The molecule has 1 heterocycles. The molecule has 0 aromatic heterocycles. The van der Waals surface area contributed by atoms with Crippen molar-refractivity contribution in [1.29, 1.82) is 0 Å². The van der Waals surface area contributed by atoms with Crippen LogP contribution < -0.4 is 5.32 Å². The number of benzene rings is 1. The van der Waals surface area contributed by atoms with E-state index in [4.69, 9.17) is 0 Å². The van der Waals surface area contributed by atoms with Gasteiger partial charge in [-0.2, -0.15) is 0 Å². The zero-order chi connectivity index (χ0) is 18.4. The number of hydrogen-bond donors (Lipinski definition) is 1. The van der Waals surface area contributed by atoms with Crippen LogP contribution in [0.25, 0.3) is 0 Å². The highest BCUT2D eigenvalue weighted by molar-refractivity contribution is 8.13. The lowest BCUT2D eigenvalue weighted by Gasteiger charge is -2.22. The second kappa shape index (κ2) is 8.80. The smallest absolute Gasteiger partial charge is 0.281 e. The second-order valence-corrected chi connectivity index (χ2v) is 6.45. The number of thioether (sulfide) groups is 1. The monoisotopic (exact) mass is 371 g/mol. The third-order valence-corrected chi connectivity index (χ3v) is 4.63. The number of rotatable bonds is 7. The molecule has 0 aliphatic carbocycles. The number of likely N-dealkylation sites (N-methyl/N-ethyl adjacent to an activating group) is 1. The van der Waals surface area contributed by atoms with Crippen LogP contribution in [0.5, 0.6) is 0 Å². The zero-order valence-corrected chi connectivity index (χ0v) is 14.6. The summed E-state index contributed by atoms with van der Waals surface area (Å²) in [5.41, 5.74) is -0.532. The fourth-order valence-electron chi connectivity index (χ4n) is 2.36. The van der Waals surface area contributed by atoms with Gasteiger partial charge in [-0.25, -0.2) is 8.78 Å². The predicted octanol–water partition coefficient (Wildman–Crippen LogP) is 2.31. The van der Waals surface area contributed by atoms with Gasteiger partial charge in [0.2, 0.25) is 11.8 Å². The first kappa shape index (κ1) is 19.2. The molecule has 25 heavy (non-hydrogen) atoms. The van der Waals surface area contributed by atoms with Crippen molar-refractivity contribution in [1.82, 2.24) is 9.80 Å². The van der Waals surface area contributed by atoms with Crippen molar-refractivity contribution in [3.63, 3.8) is 0 Å². The van der Waals surface area contributed by atoms with Crippen molar-refractivity contribution in [3.05, 3.63) is 29.8 Å². The molecule has 0 atom stereocenters. The molecule has 136 valence electrons. The van der Waals surface area contributed by atoms with E-state index < -0.39 is 23.2 Å². The molecule has 1 N–H and O–H groups in total. The molecule has 6 nitrogen and oxygen atoms in total. The van der Waals surface area contributed by atoms with E-state index in [1.54, 1.807) is 11.8 Å². The highest BCUT2D eigenvalue weighted by Gasteiger charge is 2.23. The summed E-state index contributed by atoms with van der Waals surface area (Å²) in [7, 11) is 0. The number of para-hydroxylation sites is 1. The van der Waals surface area contributed by atoms with Crippen LogP contribution in [0.3, 0.4) is 0 Å². The molecule has 1 aromatic carbocycles. The lowest BCUT2D eigenvalue weighted by molar-refractivity contribution is -0.134. The lowest BCUT2D eigenvalue weighted by Crippen LogP contribution is -2.39. The summed E-state index contributed by atoms with van der Waals surface area (Å²) in [5, 5.41) is 2.10. The van der Waals surface area contributed by atoms with Crippen molar-refractivity contribution in [2.45, 2.75) is 13.3 Å². The van der Waals surface area contributed by atoms with Crippen LogP contribution in [0.15, 0.2) is 18.2 Å². The molecule has 1 aromatic rings. The molecular formula is C16H19F2N3O3S. The van der Waals surface area contributed by atoms with Crippen LogP contribution >= 0.6 is 11.8 Å². The number of anilines is 1. The summed E-state index contributed by atoms with van der Waals surface area (Å²) in [6, 6.07) is 3.26. The van der Waals surface area contributed by atoms with E-state index >= 15 is 0 Å². The Labute approximate surface area is 148 Å². The van der Waals surface area contributed by atoms with Gasteiger partial charge in [0.1, 0.15) is 17.3 Å². The summed E-state index contributed by atoms with van der Waals surface area (Å²) in [5.74, 6) is -2.04. The maximum absolute atomic E-state index is 13.5. The Morgan fingerprint density at radius 3 is 2.56 bits per heavy atom. The third kappa shape index (κ3) is 5.15. The first-order valence-electron chi connectivity index (χ1n) is 7.85. The average molecular weight is 371 g/mol. The number of carbonyl (C=O) groups excluding carboxylic acids is 3. The predicted molar refractivity (Wildman–Crippen MR) is 91.3 cm³/mol. The van der Waals surface area contributed by atoms with Gasteiger partial charge in [0.15, 0.2) is 0 Å². The number of hydrogen-bond acceptors (Lipinski definition) is 4. The molecule has 3 amide bonds. The molecule has 0 spiro atoms. The topological polar surface area (TPSA) is 69.7 Å². The van der Waals surface area contributed by atoms with Crippen LogP contribution in [0.2, 0.25) is 0 Å². The van der Waals surface area contributed by atoms with Gasteiger partial charge < -0.3 is 15.1 Å². The lowest BCUT2D eigenvalue weighted by atomic mass is 10.2. The van der Waals surface area contributed by atoms with Gasteiger partial charge in [0.25, 0.3) is 5.24 Å². The highest BCUT2D eigenvalue weighted by atomic mass is 32.2. The van der Waals surface area contributed by atoms with Crippen LogP contribution in [-0.4, -0.2) is 58.8 Å². The second-order valence-electron chi connectivity index (χ2n) is 5.40. The van der Waals surface area contributed by atoms with Gasteiger partial charge >= 0.3 is 0 Å². The summed E-state index contributed by atoms with van der Waals surface area (Å²) in [4.78, 5) is 38.6. The Kier molecular flexibility index (Phi) is 6.74. The fourth-order valence-corrected chi connectivity index (χ4v) is 3.21. The molecule has 0 unspecified atom stereocenters. The van der Waals surface area contributed by atoms with Crippen molar-refractivity contribution >= 4 is 34.5 Å². The molecule has 9 heteroatoms. The quantitative estimate of drug-likeness (QED) is 0.799. The minimum atomic E-state index is -0.882. The summed E-state index contributed by atoms with van der Waals surface area (Å²) >= 11 is 1.21. The fraction of sp³-hybridized carbons (Fsp3) is 0.438. The number of nitrogens with one attached hydrogen (secondary N) is 1. The van der Waals surface area contributed by atoms with Gasteiger partial charge in [-0.15, -0.1) is 0 Å². The number of amides is 3. The van der Waals surface area contributed by atoms with E-state index in [2.05, 4.69) is 5.32 Å². The minimum absolute atomic E-state index is 0.0522. The Hall–Kier alpha value is -2.16. The Morgan fingerprint density at radius 2 is 2.00 bits per heavy atom. The van der Waals surface area contributed by atoms with E-state index in [0.29, 0.717) is 18.8 Å². The molecule has 2 rings (SSSR count). The summed E-state index contributed by atoms with van der Waals surface area (Å²) in [6.45, 7) is 2.56. The maximum atomic E-state index is 13.5. The number of nitrogens with zero attached hydrogens (tertiary/aromatic N) is 2. The van der Waals surface area contributed by atoms with Gasteiger partial charge in [-0.1, -0.05) is 17.8 Å². The number of halogens is 2. The molecule has 1 saturated heterocycles. The van der Waals surface area contributed by atoms with E-state index in [1.165, 1.54) is 22.7 Å². The van der Waals surface area contributed by atoms with Crippen molar-refractivity contribution < 1.29 is 23.2 Å². The molecule has 0 bridgehead atoms. The van der Waals surface area contributed by atoms with E-state index in [0.717, 1.165) is 12.1 Å². The first-order chi connectivity index (χ1) is 11.9. The van der Waals surface area contributed by atoms with Crippen molar-refractivity contribution in [2.24, 2.45) is 0 Å². The van der Waals surface area contributed by atoms with Crippen LogP contribution in [0.1, 0.15) is 13.3 Å². The largest absolute Gasteiger partial charge is 0.334 e. The molecule has 1 fully saturated rings. The van der Waals surface area contributed by atoms with Gasteiger partial charge in [0, 0.05) is 31.8 Å². The average Bonchev–Trinajstić information content (AvgIpc) is 2.99. The molecule has 1 aliphatic heterocycles. The minimum Gasteiger partial charge on any atom is -0.334 e. The van der Waals surface area contributed by atoms with Crippen LogP contribution in [0, 0.1) is 11.6 Å². The third-order valence-electron chi connectivity index (χ3n) is 3.74. The van der Waals surface area contributed by atoms with Crippen molar-refractivity contribution in [2.75, 3.05) is 37.2 Å². The Balaban J connectivity index is 1.88. The van der Waals surface area contributed by atoms with E-state index in [9.17, 15) is 23.2 Å². The highest BCUT2D eigenvalue weighted by Crippen LogP contribution is 2.18. The van der Waals surface area contributed by atoms with Crippen LogP contribution in [0.4, 0.5) is 19.3 Å². The molecular weight excluding hydrogens is 352 g/mol. The Bertz CT molecular complexity index is 652. The van der Waals surface area contributed by atoms with Crippen LogP contribution in [-0.2, 0) is 9.59 Å². The van der Waals surface area contributed by atoms with Gasteiger partial charge in [-0.05, 0) is 19.1 Å². The first-order valence-corrected chi connectivity index (χ1v) is 8.84. The molecule has 0 saturated carbocycles. The summed E-state index contributed by atoms with van der Waals surface area (Å²) < 4.78 is 27.1. The zero-order valence-electron chi connectivity index (χ0n) is 13.8. The summed E-state index contributed by atoms with van der Waals surface area (Å²) in [6.07, 6.45) is 0.0987. The van der Waals surface area contributed by atoms with E-state index in [1.807, 2.05) is 0 Å². The van der Waals surface area contributed by atoms with Gasteiger partial charge in [-0.3, -0.25) is 14.4 Å². The van der Waals surface area contributed by atoms with Gasteiger partial charge in [0.05, 0.1) is 6.54 Å². The van der Waals surface area contributed by atoms with E-state index in [-0.39, 0.29) is 30.7 Å². The SMILES string of the molecule is CCN(CC(=O)Nc1c(F)cccc1F)C(=O)CCN1CCSC1=O. The normalized spacial score (nSPS) is 13.9. The Morgan fingerprint density at radius 1 is 1.32 bits per heavy atom.